The minimum absolute atomic E-state index is 0.421. The Balaban J connectivity index is 1.79. The number of hydrogen-bond donors (Lipinski definition) is 1. The first-order valence-corrected chi connectivity index (χ1v) is 7.22. The summed E-state index contributed by atoms with van der Waals surface area (Å²) in [7, 11) is 2.02. The van der Waals surface area contributed by atoms with Crippen molar-refractivity contribution in [3.63, 3.8) is 0 Å². The number of nitrogens with zero attached hydrogens (tertiary/aromatic N) is 2. The van der Waals surface area contributed by atoms with Crippen molar-refractivity contribution in [3.8, 4) is 0 Å². The van der Waals surface area contributed by atoms with Gasteiger partial charge < -0.3 is 5.32 Å². The van der Waals surface area contributed by atoms with Crippen LogP contribution in [-0.4, -0.2) is 15.8 Å². The highest BCUT2D eigenvalue weighted by Gasteiger charge is 2.33. The van der Waals surface area contributed by atoms with Crippen molar-refractivity contribution in [1.82, 2.24) is 15.1 Å². The van der Waals surface area contributed by atoms with Crippen LogP contribution in [0.25, 0.3) is 10.9 Å². The van der Waals surface area contributed by atoms with Gasteiger partial charge >= 0.3 is 0 Å². The molecule has 1 atom stereocenters. The van der Waals surface area contributed by atoms with Gasteiger partial charge in [0, 0.05) is 25.0 Å². The zero-order valence-electron chi connectivity index (χ0n) is 12.1. The molecular weight excluding hydrogens is 234 g/mol. The van der Waals surface area contributed by atoms with Gasteiger partial charge in [0.1, 0.15) is 0 Å². The Morgan fingerprint density at radius 1 is 1.37 bits per heavy atom. The second-order valence-corrected chi connectivity index (χ2v) is 6.40. The van der Waals surface area contributed by atoms with E-state index in [0.29, 0.717) is 11.5 Å². The topological polar surface area (TPSA) is 29.9 Å². The van der Waals surface area contributed by atoms with Gasteiger partial charge in [-0.15, -0.1) is 0 Å². The van der Waals surface area contributed by atoms with Crippen molar-refractivity contribution < 1.29 is 0 Å². The Morgan fingerprint density at radius 3 is 2.89 bits per heavy atom. The molecule has 1 saturated carbocycles. The highest BCUT2D eigenvalue weighted by atomic mass is 15.3. The molecule has 0 amide bonds. The maximum atomic E-state index is 4.65. The average Bonchev–Trinajstić information content (AvgIpc) is 2.88. The molecule has 102 valence electrons. The number of aryl methyl sites for hydroxylation is 1. The van der Waals surface area contributed by atoms with Gasteiger partial charge in [0.2, 0.25) is 0 Å². The van der Waals surface area contributed by atoms with Crippen molar-refractivity contribution in [2.24, 2.45) is 12.5 Å². The lowest BCUT2D eigenvalue weighted by Crippen LogP contribution is -2.37. The summed E-state index contributed by atoms with van der Waals surface area (Å²) >= 11 is 0. The second-order valence-electron chi connectivity index (χ2n) is 6.40. The molecule has 3 heteroatoms. The van der Waals surface area contributed by atoms with Gasteiger partial charge in [-0.2, -0.15) is 5.10 Å². The summed E-state index contributed by atoms with van der Waals surface area (Å²) in [5.41, 5.74) is 2.80. The predicted octanol–water partition coefficient (Wildman–Crippen LogP) is 3.24. The summed E-state index contributed by atoms with van der Waals surface area (Å²) in [4.78, 5) is 0. The first-order chi connectivity index (χ1) is 9.08. The van der Waals surface area contributed by atoms with Gasteiger partial charge in [-0.05, 0) is 24.3 Å². The van der Waals surface area contributed by atoms with Crippen LogP contribution in [0, 0.1) is 5.41 Å². The SMILES string of the molecule is Cn1nc(CNC2CCCC2(C)C)c2ccccc21. The Bertz CT molecular complexity index is 583. The Hall–Kier alpha value is -1.35. The van der Waals surface area contributed by atoms with E-state index in [9.17, 15) is 0 Å². The molecule has 1 aliphatic rings. The number of rotatable bonds is 3. The molecular formula is C16H23N3. The second kappa shape index (κ2) is 4.64. The number of hydrogen-bond acceptors (Lipinski definition) is 2. The van der Waals surface area contributed by atoms with Crippen molar-refractivity contribution in [2.45, 2.75) is 45.7 Å². The molecule has 2 aromatic rings. The Morgan fingerprint density at radius 2 is 2.16 bits per heavy atom. The lowest BCUT2D eigenvalue weighted by Gasteiger charge is -2.27. The van der Waals surface area contributed by atoms with Crippen molar-refractivity contribution >= 4 is 10.9 Å². The molecule has 0 aliphatic heterocycles. The normalized spacial score (nSPS) is 22.2. The van der Waals surface area contributed by atoms with Gasteiger partial charge in [0.25, 0.3) is 0 Å². The fourth-order valence-electron chi connectivity index (χ4n) is 3.34. The third-order valence-electron chi connectivity index (χ3n) is 4.61. The zero-order valence-corrected chi connectivity index (χ0v) is 12.1. The summed E-state index contributed by atoms with van der Waals surface area (Å²) < 4.78 is 1.98. The van der Waals surface area contributed by atoms with Crippen LogP contribution in [0.4, 0.5) is 0 Å². The Labute approximate surface area is 115 Å². The van der Waals surface area contributed by atoms with Gasteiger partial charge in [0.05, 0.1) is 11.2 Å². The Kier molecular flexibility index (Phi) is 3.09. The van der Waals surface area contributed by atoms with E-state index in [2.05, 4.69) is 48.5 Å². The molecule has 3 nitrogen and oxygen atoms in total. The van der Waals surface area contributed by atoms with Crippen molar-refractivity contribution in [3.05, 3.63) is 30.0 Å². The molecule has 0 radical (unpaired) electrons. The number of benzene rings is 1. The third kappa shape index (κ3) is 2.27. The van der Waals surface area contributed by atoms with Crippen LogP contribution in [0.5, 0.6) is 0 Å². The highest BCUT2D eigenvalue weighted by molar-refractivity contribution is 5.81. The lowest BCUT2D eigenvalue weighted by molar-refractivity contribution is 0.282. The monoisotopic (exact) mass is 257 g/mol. The molecule has 0 spiro atoms. The maximum Gasteiger partial charge on any atom is 0.0841 e. The molecule has 1 aromatic heterocycles. The molecule has 1 unspecified atom stereocenters. The van der Waals surface area contributed by atoms with Gasteiger partial charge in [-0.25, -0.2) is 0 Å². The van der Waals surface area contributed by atoms with Gasteiger partial charge in [-0.1, -0.05) is 38.5 Å². The molecule has 0 bridgehead atoms. The van der Waals surface area contributed by atoms with E-state index >= 15 is 0 Å². The van der Waals surface area contributed by atoms with E-state index in [1.165, 1.54) is 35.9 Å². The standard InChI is InChI=1S/C16H23N3/c1-16(2)10-6-9-15(16)17-11-13-12-7-4-5-8-14(12)19(3)18-13/h4-5,7-8,15,17H,6,9-11H2,1-3H3. The molecule has 3 rings (SSSR count). The molecule has 1 aliphatic carbocycles. The number of para-hydroxylation sites is 1. The average molecular weight is 257 g/mol. The maximum absolute atomic E-state index is 4.65. The van der Waals surface area contributed by atoms with Crippen LogP contribution in [-0.2, 0) is 13.6 Å². The first-order valence-electron chi connectivity index (χ1n) is 7.22. The largest absolute Gasteiger partial charge is 0.308 e. The summed E-state index contributed by atoms with van der Waals surface area (Å²) in [6, 6.07) is 9.08. The van der Waals surface area contributed by atoms with E-state index in [1.807, 2.05) is 11.7 Å². The molecule has 1 heterocycles. The summed E-state index contributed by atoms with van der Waals surface area (Å²) in [5, 5.41) is 9.64. The first kappa shape index (κ1) is 12.7. The molecule has 19 heavy (non-hydrogen) atoms. The summed E-state index contributed by atoms with van der Waals surface area (Å²) in [6.07, 6.45) is 3.96. The van der Waals surface area contributed by atoms with Crippen LogP contribution in [0.15, 0.2) is 24.3 Å². The predicted molar refractivity (Wildman–Crippen MR) is 79.0 cm³/mol. The van der Waals surface area contributed by atoms with Crippen LogP contribution in [0.1, 0.15) is 38.8 Å². The lowest BCUT2D eigenvalue weighted by atomic mass is 9.87. The van der Waals surface area contributed by atoms with Gasteiger partial charge in [0.15, 0.2) is 0 Å². The number of aromatic nitrogens is 2. The van der Waals surface area contributed by atoms with E-state index in [1.54, 1.807) is 0 Å². The minimum Gasteiger partial charge on any atom is -0.308 e. The molecule has 1 fully saturated rings. The van der Waals surface area contributed by atoms with E-state index < -0.39 is 0 Å². The van der Waals surface area contributed by atoms with E-state index in [0.717, 1.165) is 6.54 Å². The fraction of sp³-hybridized carbons (Fsp3) is 0.562. The molecule has 0 saturated heterocycles. The number of nitrogens with one attached hydrogen (secondary N) is 1. The van der Waals surface area contributed by atoms with Crippen molar-refractivity contribution in [2.75, 3.05) is 0 Å². The van der Waals surface area contributed by atoms with Crippen LogP contribution in [0.2, 0.25) is 0 Å². The van der Waals surface area contributed by atoms with E-state index in [-0.39, 0.29) is 0 Å². The smallest absolute Gasteiger partial charge is 0.0841 e. The van der Waals surface area contributed by atoms with Gasteiger partial charge in [-0.3, -0.25) is 4.68 Å². The number of fused-ring (bicyclic) bond motifs is 1. The third-order valence-corrected chi connectivity index (χ3v) is 4.61. The summed E-state index contributed by atoms with van der Waals surface area (Å²) in [6.45, 7) is 5.61. The zero-order chi connectivity index (χ0) is 13.5. The van der Waals surface area contributed by atoms with Crippen LogP contribution < -0.4 is 5.32 Å². The van der Waals surface area contributed by atoms with Crippen LogP contribution >= 0.6 is 0 Å². The molecule has 1 aromatic carbocycles. The van der Waals surface area contributed by atoms with E-state index in [4.69, 9.17) is 0 Å². The van der Waals surface area contributed by atoms with Crippen molar-refractivity contribution in [1.29, 1.82) is 0 Å². The minimum atomic E-state index is 0.421. The molecule has 1 N–H and O–H groups in total. The fourth-order valence-corrected chi connectivity index (χ4v) is 3.34. The highest BCUT2D eigenvalue weighted by Crippen LogP contribution is 2.37. The quantitative estimate of drug-likeness (QED) is 0.914. The van der Waals surface area contributed by atoms with Crippen LogP contribution in [0.3, 0.4) is 0 Å². The summed E-state index contributed by atoms with van der Waals surface area (Å²) in [5.74, 6) is 0.